The molecule has 21 heavy (non-hydrogen) atoms. The Morgan fingerprint density at radius 2 is 1.90 bits per heavy atom. The SMILES string of the molecule is CCNC1c2ccccc2CCCC1N1CCN(C)CC1. The molecule has 116 valence electrons. The third kappa shape index (κ3) is 3.31. The second-order valence-electron chi connectivity index (χ2n) is 6.53. The Morgan fingerprint density at radius 1 is 1.14 bits per heavy atom. The minimum absolute atomic E-state index is 0.497. The van der Waals surface area contributed by atoms with E-state index in [1.54, 1.807) is 11.1 Å². The monoisotopic (exact) mass is 287 g/mol. The molecule has 0 aromatic heterocycles. The summed E-state index contributed by atoms with van der Waals surface area (Å²) in [5, 5.41) is 3.78. The smallest absolute Gasteiger partial charge is 0.0480 e. The van der Waals surface area contributed by atoms with Gasteiger partial charge in [-0.3, -0.25) is 4.90 Å². The van der Waals surface area contributed by atoms with Crippen molar-refractivity contribution in [2.45, 2.75) is 38.3 Å². The van der Waals surface area contributed by atoms with Crippen molar-refractivity contribution in [3.8, 4) is 0 Å². The van der Waals surface area contributed by atoms with E-state index < -0.39 is 0 Å². The standard InChI is InChI=1S/C18H29N3/c1-3-19-18-16-9-5-4-7-15(16)8-6-10-17(18)21-13-11-20(2)12-14-21/h4-5,7,9,17-19H,3,6,8,10-14H2,1-2H3. The van der Waals surface area contributed by atoms with E-state index in [0.29, 0.717) is 12.1 Å². The highest BCUT2D eigenvalue weighted by molar-refractivity contribution is 5.32. The van der Waals surface area contributed by atoms with Gasteiger partial charge >= 0.3 is 0 Å². The van der Waals surface area contributed by atoms with E-state index in [1.165, 1.54) is 45.4 Å². The van der Waals surface area contributed by atoms with Gasteiger partial charge < -0.3 is 10.2 Å². The molecule has 0 amide bonds. The Morgan fingerprint density at radius 3 is 2.67 bits per heavy atom. The van der Waals surface area contributed by atoms with Gasteiger partial charge in [0.1, 0.15) is 0 Å². The molecular formula is C18H29N3. The number of hydrogen-bond donors (Lipinski definition) is 1. The normalized spacial score (nSPS) is 28.1. The summed E-state index contributed by atoms with van der Waals surface area (Å²) in [6, 6.07) is 10.2. The minimum Gasteiger partial charge on any atom is -0.309 e. The summed E-state index contributed by atoms with van der Waals surface area (Å²) in [4.78, 5) is 5.18. The lowest BCUT2D eigenvalue weighted by Crippen LogP contribution is -2.52. The highest BCUT2D eigenvalue weighted by Crippen LogP contribution is 2.32. The number of fused-ring (bicyclic) bond motifs is 1. The average Bonchev–Trinajstić information content (AvgIpc) is 2.69. The highest BCUT2D eigenvalue weighted by atomic mass is 15.3. The second kappa shape index (κ2) is 6.91. The molecule has 0 bridgehead atoms. The molecule has 1 aliphatic carbocycles. The topological polar surface area (TPSA) is 18.5 Å². The van der Waals surface area contributed by atoms with Crippen molar-refractivity contribution >= 4 is 0 Å². The fraction of sp³-hybridized carbons (Fsp3) is 0.667. The Bertz CT molecular complexity index is 452. The molecule has 2 aliphatic rings. The van der Waals surface area contributed by atoms with Crippen molar-refractivity contribution in [1.82, 2.24) is 15.1 Å². The van der Waals surface area contributed by atoms with Gasteiger partial charge in [-0.1, -0.05) is 31.2 Å². The molecule has 3 nitrogen and oxygen atoms in total. The molecule has 2 unspecified atom stereocenters. The zero-order chi connectivity index (χ0) is 14.7. The number of piperazine rings is 1. The molecule has 1 N–H and O–H groups in total. The highest BCUT2D eigenvalue weighted by Gasteiger charge is 2.32. The average molecular weight is 287 g/mol. The zero-order valence-electron chi connectivity index (χ0n) is 13.5. The lowest BCUT2D eigenvalue weighted by molar-refractivity contribution is 0.0862. The fourth-order valence-corrected chi connectivity index (χ4v) is 3.95. The van der Waals surface area contributed by atoms with Crippen molar-refractivity contribution < 1.29 is 0 Å². The summed E-state index contributed by atoms with van der Waals surface area (Å²) in [5.74, 6) is 0. The van der Waals surface area contributed by atoms with Gasteiger partial charge in [0.05, 0.1) is 0 Å². The summed E-state index contributed by atoms with van der Waals surface area (Å²) in [7, 11) is 2.24. The van der Waals surface area contributed by atoms with Crippen LogP contribution >= 0.6 is 0 Å². The van der Waals surface area contributed by atoms with Gasteiger partial charge in [0, 0.05) is 38.3 Å². The Kier molecular flexibility index (Phi) is 4.94. The molecule has 0 saturated carbocycles. The number of likely N-dealkylation sites (N-methyl/N-ethyl adjacent to an activating group) is 2. The van der Waals surface area contributed by atoms with E-state index in [1.807, 2.05) is 0 Å². The molecule has 0 spiro atoms. The van der Waals surface area contributed by atoms with E-state index in [9.17, 15) is 0 Å². The van der Waals surface area contributed by atoms with Gasteiger partial charge in [-0.15, -0.1) is 0 Å². The lowest BCUT2D eigenvalue weighted by Gasteiger charge is -2.41. The van der Waals surface area contributed by atoms with Crippen LogP contribution in [0, 0.1) is 0 Å². The van der Waals surface area contributed by atoms with Gasteiger partial charge in [0.15, 0.2) is 0 Å². The molecule has 1 fully saturated rings. The van der Waals surface area contributed by atoms with Crippen LogP contribution in [-0.2, 0) is 6.42 Å². The molecule has 1 saturated heterocycles. The maximum absolute atomic E-state index is 3.78. The number of hydrogen-bond acceptors (Lipinski definition) is 3. The first-order chi connectivity index (χ1) is 10.3. The maximum atomic E-state index is 3.78. The third-order valence-electron chi connectivity index (χ3n) is 5.15. The van der Waals surface area contributed by atoms with Crippen molar-refractivity contribution in [3.05, 3.63) is 35.4 Å². The van der Waals surface area contributed by atoms with E-state index in [2.05, 4.69) is 53.4 Å². The predicted molar refractivity (Wildman–Crippen MR) is 88.7 cm³/mol. The molecule has 1 heterocycles. The molecule has 0 radical (unpaired) electrons. The Hall–Kier alpha value is -0.900. The number of nitrogens with one attached hydrogen (secondary N) is 1. The summed E-state index contributed by atoms with van der Waals surface area (Å²) < 4.78 is 0. The van der Waals surface area contributed by atoms with Crippen LogP contribution in [0.1, 0.15) is 36.9 Å². The van der Waals surface area contributed by atoms with Crippen molar-refractivity contribution in [3.63, 3.8) is 0 Å². The van der Waals surface area contributed by atoms with Gasteiger partial charge in [0.2, 0.25) is 0 Å². The van der Waals surface area contributed by atoms with Crippen molar-refractivity contribution in [2.75, 3.05) is 39.8 Å². The lowest BCUT2D eigenvalue weighted by atomic mass is 9.94. The summed E-state index contributed by atoms with van der Waals surface area (Å²) in [5.41, 5.74) is 3.10. The van der Waals surface area contributed by atoms with Crippen LogP contribution < -0.4 is 5.32 Å². The molecule has 1 aromatic carbocycles. The number of aryl methyl sites for hydroxylation is 1. The third-order valence-corrected chi connectivity index (χ3v) is 5.15. The molecule has 1 aliphatic heterocycles. The fourth-order valence-electron chi connectivity index (χ4n) is 3.95. The zero-order valence-corrected chi connectivity index (χ0v) is 13.5. The molecule has 3 rings (SSSR count). The Labute approximate surface area is 129 Å². The number of benzene rings is 1. The van der Waals surface area contributed by atoms with E-state index in [-0.39, 0.29) is 0 Å². The van der Waals surface area contributed by atoms with Crippen LogP contribution in [0.2, 0.25) is 0 Å². The van der Waals surface area contributed by atoms with E-state index in [4.69, 9.17) is 0 Å². The molecule has 1 aromatic rings. The minimum atomic E-state index is 0.497. The predicted octanol–water partition coefficient (Wildman–Crippen LogP) is 2.29. The quantitative estimate of drug-likeness (QED) is 0.861. The number of nitrogens with zero attached hydrogens (tertiary/aromatic N) is 2. The Balaban J connectivity index is 1.85. The van der Waals surface area contributed by atoms with Crippen LogP contribution in [0.5, 0.6) is 0 Å². The number of rotatable bonds is 3. The van der Waals surface area contributed by atoms with Gasteiger partial charge in [-0.05, 0) is 44.0 Å². The summed E-state index contributed by atoms with van der Waals surface area (Å²) >= 11 is 0. The summed E-state index contributed by atoms with van der Waals surface area (Å²) in [6.45, 7) is 8.11. The van der Waals surface area contributed by atoms with Crippen LogP contribution in [0.4, 0.5) is 0 Å². The van der Waals surface area contributed by atoms with Gasteiger partial charge in [-0.25, -0.2) is 0 Å². The van der Waals surface area contributed by atoms with E-state index >= 15 is 0 Å². The van der Waals surface area contributed by atoms with Gasteiger partial charge in [-0.2, -0.15) is 0 Å². The van der Waals surface area contributed by atoms with Crippen LogP contribution in [0.25, 0.3) is 0 Å². The molecule has 3 heteroatoms. The van der Waals surface area contributed by atoms with E-state index in [0.717, 1.165) is 6.54 Å². The second-order valence-corrected chi connectivity index (χ2v) is 6.53. The maximum Gasteiger partial charge on any atom is 0.0480 e. The van der Waals surface area contributed by atoms with Gasteiger partial charge in [0.25, 0.3) is 0 Å². The van der Waals surface area contributed by atoms with Crippen LogP contribution in [-0.4, -0.2) is 55.6 Å². The van der Waals surface area contributed by atoms with Crippen molar-refractivity contribution in [1.29, 1.82) is 0 Å². The first-order valence-corrected chi connectivity index (χ1v) is 8.53. The first kappa shape index (κ1) is 15.0. The molecular weight excluding hydrogens is 258 g/mol. The molecule has 2 atom stereocenters. The van der Waals surface area contributed by atoms with Crippen molar-refractivity contribution in [2.24, 2.45) is 0 Å². The summed E-state index contributed by atoms with van der Waals surface area (Å²) in [6.07, 6.45) is 3.87. The van der Waals surface area contributed by atoms with Crippen LogP contribution in [0.15, 0.2) is 24.3 Å². The van der Waals surface area contributed by atoms with Crippen LogP contribution in [0.3, 0.4) is 0 Å². The largest absolute Gasteiger partial charge is 0.309 e. The first-order valence-electron chi connectivity index (χ1n) is 8.53.